The molecule has 0 radical (unpaired) electrons. The molecule has 0 aliphatic carbocycles. The summed E-state index contributed by atoms with van der Waals surface area (Å²) in [6, 6.07) is 7.91. The average molecular weight is 352 g/mol. The number of hydrogen-bond donors (Lipinski definition) is 2. The van der Waals surface area contributed by atoms with E-state index in [1.54, 1.807) is 6.20 Å². The summed E-state index contributed by atoms with van der Waals surface area (Å²) in [5.41, 5.74) is 3.37. The predicted octanol–water partition coefficient (Wildman–Crippen LogP) is 3.18. The third-order valence-electron chi connectivity index (χ3n) is 5.11. The standard InChI is InChI=1S/C20H24N4O2/c1-4-26-20(25)16-11-14-13-7-5-6-8-15(13)23-17(14)18(24(16)12(2)3)19-21-9-10-22-19/h5-10,12,16,18,23H,4,11H2,1-3H3,(H,21,22)/t16-,18-/m0/s1. The Balaban J connectivity index is 1.92. The molecule has 2 N–H and O–H groups in total. The summed E-state index contributed by atoms with van der Waals surface area (Å²) in [7, 11) is 0. The Bertz CT molecular complexity index is 913. The fraction of sp³-hybridized carbons (Fsp3) is 0.400. The molecule has 0 spiro atoms. The molecule has 6 heteroatoms. The fourth-order valence-electron chi connectivity index (χ4n) is 4.11. The number of carbonyl (C=O) groups excluding carboxylic acids is 1. The van der Waals surface area contributed by atoms with Gasteiger partial charge in [0.15, 0.2) is 0 Å². The summed E-state index contributed by atoms with van der Waals surface area (Å²) in [6.07, 6.45) is 4.21. The lowest BCUT2D eigenvalue weighted by Gasteiger charge is -2.42. The zero-order chi connectivity index (χ0) is 18.3. The number of aromatic amines is 2. The second-order valence-corrected chi connectivity index (χ2v) is 6.95. The number of carbonyl (C=O) groups is 1. The third-order valence-corrected chi connectivity index (χ3v) is 5.11. The molecule has 26 heavy (non-hydrogen) atoms. The minimum absolute atomic E-state index is 0.143. The molecule has 0 saturated heterocycles. The van der Waals surface area contributed by atoms with Gasteiger partial charge in [0, 0.05) is 41.5 Å². The van der Waals surface area contributed by atoms with E-state index >= 15 is 0 Å². The van der Waals surface area contributed by atoms with Crippen molar-refractivity contribution in [2.75, 3.05) is 6.61 Å². The van der Waals surface area contributed by atoms with Gasteiger partial charge in [-0.3, -0.25) is 9.69 Å². The van der Waals surface area contributed by atoms with E-state index in [2.05, 4.69) is 45.8 Å². The number of para-hydroxylation sites is 1. The summed E-state index contributed by atoms with van der Waals surface area (Å²) in [4.78, 5) is 26.3. The van der Waals surface area contributed by atoms with Crippen molar-refractivity contribution in [3.63, 3.8) is 0 Å². The minimum atomic E-state index is -0.336. The molecule has 3 aromatic rings. The lowest BCUT2D eigenvalue weighted by molar-refractivity contribution is -0.152. The molecule has 1 aliphatic rings. The van der Waals surface area contributed by atoms with Gasteiger partial charge in [-0.1, -0.05) is 18.2 Å². The second-order valence-electron chi connectivity index (χ2n) is 6.95. The highest BCUT2D eigenvalue weighted by molar-refractivity contribution is 5.87. The van der Waals surface area contributed by atoms with Gasteiger partial charge in [0.1, 0.15) is 17.9 Å². The monoisotopic (exact) mass is 352 g/mol. The van der Waals surface area contributed by atoms with Crippen LogP contribution in [0.25, 0.3) is 10.9 Å². The zero-order valence-corrected chi connectivity index (χ0v) is 15.3. The van der Waals surface area contributed by atoms with E-state index in [0.717, 1.165) is 22.4 Å². The van der Waals surface area contributed by atoms with Gasteiger partial charge >= 0.3 is 5.97 Å². The first-order chi connectivity index (χ1) is 12.6. The number of hydrogen-bond acceptors (Lipinski definition) is 4. The van der Waals surface area contributed by atoms with Crippen molar-refractivity contribution in [3.05, 3.63) is 53.7 Å². The molecule has 0 saturated carbocycles. The number of aromatic nitrogens is 3. The average Bonchev–Trinajstić information content (AvgIpc) is 3.27. The number of ether oxygens (including phenoxy) is 1. The number of benzene rings is 1. The third kappa shape index (κ3) is 2.61. The highest BCUT2D eigenvalue weighted by atomic mass is 16.5. The van der Waals surface area contributed by atoms with E-state index in [0.29, 0.717) is 13.0 Å². The van der Waals surface area contributed by atoms with Crippen molar-refractivity contribution in [3.8, 4) is 0 Å². The number of rotatable bonds is 4. The molecule has 1 aromatic carbocycles. The van der Waals surface area contributed by atoms with Crippen LogP contribution in [0, 0.1) is 0 Å². The smallest absolute Gasteiger partial charge is 0.323 e. The summed E-state index contributed by atoms with van der Waals surface area (Å²) in [5, 5.41) is 1.16. The van der Waals surface area contributed by atoms with Gasteiger partial charge in [-0.15, -0.1) is 0 Å². The van der Waals surface area contributed by atoms with Crippen molar-refractivity contribution < 1.29 is 9.53 Å². The van der Waals surface area contributed by atoms with Crippen LogP contribution in [0.1, 0.15) is 43.9 Å². The number of imidazole rings is 1. The van der Waals surface area contributed by atoms with Crippen LogP contribution in [-0.2, 0) is 16.0 Å². The molecule has 2 atom stereocenters. The highest BCUT2D eigenvalue weighted by Gasteiger charge is 2.43. The highest BCUT2D eigenvalue weighted by Crippen LogP contribution is 2.41. The first-order valence-electron chi connectivity index (χ1n) is 9.14. The first kappa shape index (κ1) is 16.8. The molecule has 0 bridgehead atoms. The number of esters is 1. The predicted molar refractivity (Wildman–Crippen MR) is 99.8 cm³/mol. The van der Waals surface area contributed by atoms with Crippen molar-refractivity contribution >= 4 is 16.9 Å². The van der Waals surface area contributed by atoms with Gasteiger partial charge < -0.3 is 14.7 Å². The van der Waals surface area contributed by atoms with Gasteiger partial charge in [0.2, 0.25) is 0 Å². The van der Waals surface area contributed by atoms with Gasteiger partial charge in [0.05, 0.1) is 6.61 Å². The number of nitrogens with one attached hydrogen (secondary N) is 2. The molecule has 6 nitrogen and oxygen atoms in total. The number of nitrogens with zero attached hydrogens (tertiary/aromatic N) is 2. The minimum Gasteiger partial charge on any atom is -0.465 e. The molecule has 2 aromatic heterocycles. The van der Waals surface area contributed by atoms with Crippen LogP contribution in [0.15, 0.2) is 36.7 Å². The van der Waals surface area contributed by atoms with Crippen LogP contribution in [0.2, 0.25) is 0 Å². The Morgan fingerprint density at radius 1 is 1.38 bits per heavy atom. The van der Waals surface area contributed by atoms with Gasteiger partial charge in [-0.25, -0.2) is 4.98 Å². The number of fused-ring (bicyclic) bond motifs is 3. The Labute approximate surface area is 152 Å². The lowest BCUT2D eigenvalue weighted by Crippen LogP contribution is -2.52. The normalized spacial score (nSPS) is 20.5. The van der Waals surface area contributed by atoms with E-state index < -0.39 is 0 Å². The quantitative estimate of drug-likeness (QED) is 0.707. The Kier molecular flexibility index (Phi) is 4.28. The van der Waals surface area contributed by atoms with E-state index in [1.807, 2.05) is 25.3 Å². The largest absolute Gasteiger partial charge is 0.465 e. The van der Waals surface area contributed by atoms with Crippen LogP contribution < -0.4 is 0 Å². The number of H-pyrrole nitrogens is 2. The maximum Gasteiger partial charge on any atom is 0.323 e. The van der Waals surface area contributed by atoms with Gasteiger partial charge in [-0.2, -0.15) is 0 Å². The summed E-state index contributed by atoms with van der Waals surface area (Å²) in [5.74, 6) is 0.661. The molecule has 136 valence electrons. The maximum absolute atomic E-state index is 12.8. The van der Waals surface area contributed by atoms with Gasteiger partial charge in [0.25, 0.3) is 0 Å². The molecular weight excluding hydrogens is 328 g/mol. The summed E-state index contributed by atoms with van der Waals surface area (Å²) in [6.45, 7) is 6.45. The Morgan fingerprint density at radius 2 is 2.19 bits per heavy atom. The van der Waals surface area contributed by atoms with Crippen LogP contribution in [0.4, 0.5) is 0 Å². The molecule has 0 fully saturated rings. The van der Waals surface area contributed by atoms with Crippen molar-refractivity contribution in [1.29, 1.82) is 0 Å². The summed E-state index contributed by atoms with van der Waals surface area (Å²) < 4.78 is 5.41. The van der Waals surface area contributed by atoms with E-state index in [9.17, 15) is 4.79 Å². The van der Waals surface area contributed by atoms with Crippen molar-refractivity contribution in [2.45, 2.75) is 45.3 Å². The van der Waals surface area contributed by atoms with Crippen LogP contribution in [0.5, 0.6) is 0 Å². The van der Waals surface area contributed by atoms with E-state index in [-0.39, 0.29) is 24.1 Å². The molecule has 0 amide bonds. The molecular formula is C20H24N4O2. The van der Waals surface area contributed by atoms with Gasteiger partial charge in [-0.05, 0) is 32.4 Å². The molecule has 3 heterocycles. The van der Waals surface area contributed by atoms with Crippen LogP contribution in [0.3, 0.4) is 0 Å². The summed E-state index contributed by atoms with van der Waals surface area (Å²) >= 11 is 0. The second kappa shape index (κ2) is 6.61. The molecule has 1 aliphatic heterocycles. The zero-order valence-electron chi connectivity index (χ0n) is 15.3. The lowest BCUT2D eigenvalue weighted by atomic mass is 9.90. The van der Waals surface area contributed by atoms with Crippen molar-refractivity contribution in [2.24, 2.45) is 0 Å². The first-order valence-corrected chi connectivity index (χ1v) is 9.14. The topological polar surface area (TPSA) is 74.0 Å². The van der Waals surface area contributed by atoms with E-state index in [1.165, 1.54) is 5.56 Å². The molecule has 0 unspecified atom stereocenters. The Hall–Kier alpha value is -2.60. The fourth-order valence-corrected chi connectivity index (χ4v) is 4.11. The van der Waals surface area contributed by atoms with E-state index in [4.69, 9.17) is 4.74 Å². The molecule has 4 rings (SSSR count). The SMILES string of the molecule is CCOC(=O)[C@@H]1Cc2c([nH]c3ccccc23)[C@@H](c2ncc[nH]2)N1C(C)C. The maximum atomic E-state index is 12.8. The Morgan fingerprint density at radius 3 is 2.88 bits per heavy atom. The van der Waals surface area contributed by atoms with Crippen LogP contribution >= 0.6 is 0 Å². The van der Waals surface area contributed by atoms with Crippen LogP contribution in [-0.4, -0.2) is 44.5 Å². The van der Waals surface area contributed by atoms with Crippen molar-refractivity contribution in [1.82, 2.24) is 19.9 Å².